The number of aromatic nitrogens is 1. The maximum absolute atomic E-state index is 12.4. The summed E-state index contributed by atoms with van der Waals surface area (Å²) in [6, 6.07) is 18.6. The Morgan fingerprint density at radius 3 is 2.45 bits per heavy atom. The number of ether oxygens (including phenoxy) is 1. The van der Waals surface area contributed by atoms with E-state index in [0.29, 0.717) is 16.3 Å². The Morgan fingerprint density at radius 1 is 0.955 bits per heavy atom. The van der Waals surface area contributed by atoms with Gasteiger partial charge in [0.15, 0.2) is 5.75 Å². The molecule has 0 aliphatic heterocycles. The number of hydrogen-bond acceptors (Lipinski definition) is 3. The molecule has 0 saturated carbocycles. The van der Waals surface area contributed by atoms with E-state index < -0.39 is 5.97 Å². The molecule has 0 atom stereocenters. The summed E-state index contributed by atoms with van der Waals surface area (Å²) in [5.74, 6) is -0.121. The predicted octanol–water partition coefficient (Wildman–Crippen LogP) is 4.62. The lowest BCUT2D eigenvalue weighted by Crippen LogP contribution is -2.10. The molecule has 22 heavy (non-hydrogen) atoms. The summed E-state index contributed by atoms with van der Waals surface area (Å²) >= 11 is 5.85. The zero-order valence-corrected chi connectivity index (χ0v) is 12.3. The first-order valence-corrected chi connectivity index (χ1v) is 7.09. The zero-order chi connectivity index (χ0) is 15.4. The summed E-state index contributed by atoms with van der Waals surface area (Å²) in [5, 5.41) is 0.418. The lowest BCUT2D eigenvalue weighted by atomic mass is 10.00. The van der Waals surface area contributed by atoms with Gasteiger partial charge < -0.3 is 4.74 Å². The third-order valence-electron chi connectivity index (χ3n) is 3.12. The number of pyridine rings is 1. The van der Waals surface area contributed by atoms with E-state index in [1.54, 1.807) is 18.2 Å². The van der Waals surface area contributed by atoms with Gasteiger partial charge in [0, 0.05) is 12.3 Å². The summed E-state index contributed by atoms with van der Waals surface area (Å²) in [5.41, 5.74) is 2.27. The number of hydrogen-bond donors (Lipinski definition) is 0. The zero-order valence-electron chi connectivity index (χ0n) is 11.6. The number of halogens is 1. The van der Waals surface area contributed by atoms with Gasteiger partial charge >= 0.3 is 5.97 Å². The van der Waals surface area contributed by atoms with Crippen molar-refractivity contribution in [1.82, 2.24) is 4.98 Å². The molecule has 0 aliphatic carbocycles. The van der Waals surface area contributed by atoms with Crippen LogP contribution in [0, 0.1) is 0 Å². The highest BCUT2D eigenvalue weighted by atomic mass is 35.5. The van der Waals surface area contributed by atoms with Crippen molar-refractivity contribution in [3.05, 3.63) is 83.6 Å². The van der Waals surface area contributed by atoms with Gasteiger partial charge in [0.25, 0.3) is 0 Å². The van der Waals surface area contributed by atoms with E-state index in [1.165, 1.54) is 12.4 Å². The summed E-state index contributed by atoms with van der Waals surface area (Å²) in [6.45, 7) is 0. The molecule has 0 spiro atoms. The molecule has 3 aromatic rings. The van der Waals surface area contributed by atoms with Crippen molar-refractivity contribution in [2.75, 3.05) is 0 Å². The number of carbonyl (C=O) groups excluding carboxylic acids is 1. The normalized spacial score (nSPS) is 10.2. The van der Waals surface area contributed by atoms with Gasteiger partial charge in [0.05, 0.1) is 16.8 Å². The van der Waals surface area contributed by atoms with Crippen molar-refractivity contribution in [1.29, 1.82) is 0 Å². The van der Waals surface area contributed by atoms with Gasteiger partial charge in [-0.15, -0.1) is 0 Å². The molecule has 0 N–H and O–H groups in total. The first kappa shape index (κ1) is 14.3. The van der Waals surface area contributed by atoms with Crippen LogP contribution in [0.25, 0.3) is 11.1 Å². The third kappa shape index (κ3) is 3.15. The van der Waals surface area contributed by atoms with Crippen molar-refractivity contribution < 1.29 is 9.53 Å². The van der Waals surface area contributed by atoms with Gasteiger partial charge in [-0.1, -0.05) is 60.1 Å². The van der Waals surface area contributed by atoms with Crippen molar-refractivity contribution in [3.63, 3.8) is 0 Å². The van der Waals surface area contributed by atoms with E-state index in [9.17, 15) is 4.79 Å². The standard InChI is InChI=1S/C18H12ClNO2/c19-14-10-15(12-20-11-14)22-18(21)17-9-5-4-8-16(17)13-6-2-1-3-7-13/h1-12H. The largest absolute Gasteiger partial charge is 0.421 e. The van der Waals surface area contributed by atoms with Gasteiger partial charge in [0.1, 0.15) is 0 Å². The average Bonchev–Trinajstić information content (AvgIpc) is 2.56. The van der Waals surface area contributed by atoms with Crippen LogP contribution in [-0.2, 0) is 0 Å². The SMILES string of the molecule is O=C(Oc1cncc(Cl)c1)c1ccccc1-c1ccccc1. The second kappa shape index (κ2) is 6.41. The minimum absolute atomic E-state index is 0.320. The summed E-state index contributed by atoms with van der Waals surface area (Å²) < 4.78 is 5.36. The van der Waals surface area contributed by atoms with Crippen LogP contribution in [-0.4, -0.2) is 11.0 Å². The number of esters is 1. The molecule has 1 aromatic heterocycles. The van der Waals surface area contributed by atoms with Gasteiger partial charge in [-0.25, -0.2) is 4.79 Å². The fourth-order valence-corrected chi connectivity index (χ4v) is 2.30. The van der Waals surface area contributed by atoms with Gasteiger partial charge in [-0.2, -0.15) is 0 Å². The van der Waals surface area contributed by atoms with Gasteiger partial charge in [-0.3, -0.25) is 4.98 Å². The summed E-state index contributed by atoms with van der Waals surface area (Å²) in [6.07, 6.45) is 2.94. The third-order valence-corrected chi connectivity index (χ3v) is 3.33. The monoisotopic (exact) mass is 309 g/mol. The second-order valence-electron chi connectivity index (χ2n) is 4.64. The Hall–Kier alpha value is -2.65. The fourth-order valence-electron chi connectivity index (χ4n) is 2.14. The molecule has 2 aromatic carbocycles. The number of rotatable bonds is 3. The van der Waals surface area contributed by atoms with Crippen LogP contribution >= 0.6 is 11.6 Å². The number of nitrogens with zero attached hydrogens (tertiary/aromatic N) is 1. The van der Waals surface area contributed by atoms with E-state index in [1.807, 2.05) is 42.5 Å². The summed E-state index contributed by atoms with van der Waals surface area (Å²) in [4.78, 5) is 16.3. The predicted molar refractivity (Wildman–Crippen MR) is 86.1 cm³/mol. The molecular formula is C18H12ClNO2. The van der Waals surface area contributed by atoms with Crippen LogP contribution in [0.15, 0.2) is 73.1 Å². The molecule has 1 heterocycles. The van der Waals surface area contributed by atoms with Crippen molar-refractivity contribution in [2.24, 2.45) is 0 Å². The highest BCUT2D eigenvalue weighted by molar-refractivity contribution is 6.30. The molecule has 108 valence electrons. The minimum atomic E-state index is -0.441. The molecule has 0 radical (unpaired) electrons. The van der Waals surface area contributed by atoms with E-state index in [-0.39, 0.29) is 0 Å². The Balaban J connectivity index is 1.93. The highest BCUT2D eigenvalue weighted by Crippen LogP contribution is 2.25. The Bertz CT molecular complexity index is 803. The topological polar surface area (TPSA) is 39.2 Å². The molecule has 0 unspecified atom stereocenters. The van der Waals surface area contributed by atoms with Gasteiger partial charge in [0.2, 0.25) is 0 Å². The van der Waals surface area contributed by atoms with E-state index >= 15 is 0 Å². The second-order valence-corrected chi connectivity index (χ2v) is 5.08. The van der Waals surface area contributed by atoms with Crippen molar-refractivity contribution in [2.45, 2.75) is 0 Å². The average molecular weight is 310 g/mol. The van der Waals surface area contributed by atoms with E-state index in [2.05, 4.69) is 4.98 Å². The van der Waals surface area contributed by atoms with Gasteiger partial charge in [-0.05, 0) is 17.2 Å². The van der Waals surface area contributed by atoms with Crippen LogP contribution in [0.1, 0.15) is 10.4 Å². The Labute approximate surface area is 133 Å². The quantitative estimate of drug-likeness (QED) is 0.663. The Kier molecular flexibility index (Phi) is 4.17. The van der Waals surface area contributed by atoms with Crippen LogP contribution < -0.4 is 4.74 Å². The molecule has 3 rings (SSSR count). The van der Waals surface area contributed by atoms with Crippen molar-refractivity contribution in [3.8, 4) is 16.9 Å². The first-order chi connectivity index (χ1) is 10.7. The lowest BCUT2D eigenvalue weighted by molar-refractivity contribution is 0.0735. The molecule has 0 fully saturated rings. The fraction of sp³-hybridized carbons (Fsp3) is 0. The van der Waals surface area contributed by atoms with Crippen LogP contribution in [0.2, 0.25) is 5.02 Å². The molecule has 0 amide bonds. The molecule has 3 nitrogen and oxygen atoms in total. The molecule has 0 aliphatic rings. The maximum atomic E-state index is 12.4. The van der Waals surface area contributed by atoms with Crippen LogP contribution in [0.4, 0.5) is 0 Å². The molecule has 0 saturated heterocycles. The number of benzene rings is 2. The maximum Gasteiger partial charge on any atom is 0.344 e. The van der Waals surface area contributed by atoms with Crippen LogP contribution in [0.5, 0.6) is 5.75 Å². The van der Waals surface area contributed by atoms with Crippen LogP contribution in [0.3, 0.4) is 0 Å². The molecule has 0 bridgehead atoms. The van der Waals surface area contributed by atoms with Crippen molar-refractivity contribution >= 4 is 17.6 Å². The molecular weight excluding hydrogens is 298 g/mol. The van der Waals surface area contributed by atoms with E-state index in [0.717, 1.165) is 11.1 Å². The first-order valence-electron chi connectivity index (χ1n) is 6.71. The van der Waals surface area contributed by atoms with E-state index in [4.69, 9.17) is 16.3 Å². The summed E-state index contributed by atoms with van der Waals surface area (Å²) in [7, 11) is 0. The lowest BCUT2D eigenvalue weighted by Gasteiger charge is -2.09. The number of carbonyl (C=O) groups is 1. The molecule has 4 heteroatoms. The Morgan fingerprint density at radius 2 is 1.68 bits per heavy atom. The minimum Gasteiger partial charge on any atom is -0.421 e. The highest BCUT2D eigenvalue weighted by Gasteiger charge is 2.14. The smallest absolute Gasteiger partial charge is 0.344 e.